The van der Waals surface area contributed by atoms with Gasteiger partial charge in [0.1, 0.15) is 17.3 Å². The molecule has 0 spiro atoms. The average molecular weight is 450 g/mol. The molecule has 2 aromatic carbocycles. The molecule has 1 aliphatic carbocycles. The zero-order valence-corrected chi connectivity index (χ0v) is 19.6. The lowest BCUT2D eigenvalue weighted by atomic mass is 9.94. The normalized spacial score (nSPS) is 20.6. The van der Waals surface area contributed by atoms with Crippen LogP contribution in [0.25, 0.3) is 5.76 Å². The highest BCUT2D eigenvalue weighted by atomic mass is 16.5. The molecule has 0 bridgehead atoms. The van der Waals surface area contributed by atoms with Gasteiger partial charge < -0.3 is 19.5 Å². The molecule has 1 saturated heterocycles. The number of methoxy groups -OCH3 is 1. The summed E-state index contributed by atoms with van der Waals surface area (Å²) in [6.45, 7) is 5.80. The molecule has 0 radical (unpaired) electrons. The van der Waals surface area contributed by atoms with E-state index >= 15 is 0 Å². The molecule has 174 valence electrons. The van der Waals surface area contributed by atoms with Crippen molar-refractivity contribution in [3.05, 3.63) is 64.7 Å². The first-order valence-corrected chi connectivity index (χ1v) is 11.5. The number of aliphatic hydroxyl groups excluding tert-OH is 1. The lowest BCUT2D eigenvalue weighted by Crippen LogP contribution is -2.37. The molecule has 1 saturated carbocycles. The van der Waals surface area contributed by atoms with Crippen LogP contribution in [0, 0.1) is 6.92 Å². The van der Waals surface area contributed by atoms with Crippen LogP contribution < -0.4 is 9.47 Å². The molecular formula is C27H31NO5. The Morgan fingerprint density at radius 3 is 2.30 bits per heavy atom. The topological polar surface area (TPSA) is 76.1 Å². The van der Waals surface area contributed by atoms with Crippen molar-refractivity contribution in [3.8, 4) is 11.5 Å². The average Bonchev–Trinajstić information content (AvgIpc) is 3.41. The van der Waals surface area contributed by atoms with Crippen molar-refractivity contribution in [2.45, 2.75) is 64.6 Å². The Morgan fingerprint density at radius 2 is 1.73 bits per heavy atom. The summed E-state index contributed by atoms with van der Waals surface area (Å²) in [6, 6.07) is 12.0. The Morgan fingerprint density at radius 1 is 1.06 bits per heavy atom. The summed E-state index contributed by atoms with van der Waals surface area (Å²) in [4.78, 5) is 28.1. The van der Waals surface area contributed by atoms with Crippen LogP contribution in [0.15, 0.2) is 48.0 Å². The fraction of sp³-hybridized carbons (Fsp3) is 0.407. The van der Waals surface area contributed by atoms with Crippen LogP contribution in [-0.2, 0) is 9.59 Å². The van der Waals surface area contributed by atoms with Crippen molar-refractivity contribution in [2.75, 3.05) is 7.11 Å². The van der Waals surface area contributed by atoms with E-state index in [0.29, 0.717) is 11.3 Å². The Balaban J connectivity index is 1.82. The smallest absolute Gasteiger partial charge is 0.295 e. The number of aliphatic hydroxyl groups is 1. The van der Waals surface area contributed by atoms with Crippen molar-refractivity contribution < 1.29 is 24.2 Å². The van der Waals surface area contributed by atoms with Crippen LogP contribution in [-0.4, -0.2) is 41.0 Å². The third kappa shape index (κ3) is 4.34. The summed E-state index contributed by atoms with van der Waals surface area (Å²) in [5.41, 5.74) is 2.25. The number of Topliss-reactive ketones (excluding diaryl/α,β-unsaturated/α-hetero) is 1. The van der Waals surface area contributed by atoms with Crippen molar-refractivity contribution in [1.82, 2.24) is 4.90 Å². The van der Waals surface area contributed by atoms with Gasteiger partial charge in [-0.25, -0.2) is 0 Å². The van der Waals surface area contributed by atoms with Crippen LogP contribution >= 0.6 is 0 Å². The summed E-state index contributed by atoms with van der Waals surface area (Å²) >= 11 is 0. The monoisotopic (exact) mass is 449 g/mol. The van der Waals surface area contributed by atoms with E-state index in [1.807, 2.05) is 45.0 Å². The van der Waals surface area contributed by atoms with Gasteiger partial charge in [-0.15, -0.1) is 0 Å². The van der Waals surface area contributed by atoms with Crippen LogP contribution in [0.4, 0.5) is 0 Å². The van der Waals surface area contributed by atoms with Crippen LogP contribution in [0.5, 0.6) is 11.5 Å². The number of carbonyl (C=O) groups is 2. The fourth-order valence-electron chi connectivity index (χ4n) is 4.86. The van der Waals surface area contributed by atoms with Gasteiger partial charge in [0.15, 0.2) is 0 Å². The van der Waals surface area contributed by atoms with Crippen molar-refractivity contribution in [1.29, 1.82) is 0 Å². The minimum Gasteiger partial charge on any atom is -0.507 e. The molecule has 1 amide bonds. The molecular weight excluding hydrogens is 418 g/mol. The molecule has 1 atom stereocenters. The van der Waals surface area contributed by atoms with E-state index in [9.17, 15) is 14.7 Å². The highest BCUT2D eigenvalue weighted by Gasteiger charge is 2.49. The summed E-state index contributed by atoms with van der Waals surface area (Å²) in [7, 11) is 1.59. The van der Waals surface area contributed by atoms with Crippen LogP contribution in [0.1, 0.15) is 62.3 Å². The number of hydrogen-bond donors (Lipinski definition) is 1. The highest BCUT2D eigenvalue weighted by molar-refractivity contribution is 6.46. The zero-order valence-electron chi connectivity index (χ0n) is 19.6. The minimum absolute atomic E-state index is 0.0117. The van der Waals surface area contributed by atoms with E-state index in [4.69, 9.17) is 9.47 Å². The molecule has 2 aliphatic rings. The quantitative estimate of drug-likeness (QED) is 0.375. The van der Waals surface area contributed by atoms with Crippen molar-refractivity contribution in [3.63, 3.8) is 0 Å². The van der Waals surface area contributed by atoms with Gasteiger partial charge in [-0.3, -0.25) is 9.59 Å². The van der Waals surface area contributed by atoms with Crippen molar-refractivity contribution >= 4 is 17.4 Å². The standard InChI is InChI=1S/C27H31NO5/c1-16(2)33-22-14-11-19(15-17(22)3)25(29)23-24(18-9-12-21(32-4)13-10-18)28(27(31)26(23)30)20-7-5-6-8-20/h9-16,20,24,29H,5-8H2,1-4H3/b25-23-. The second kappa shape index (κ2) is 9.30. The summed E-state index contributed by atoms with van der Waals surface area (Å²) in [5.74, 6) is 0.0718. The van der Waals surface area contributed by atoms with E-state index in [0.717, 1.165) is 42.6 Å². The predicted octanol–water partition coefficient (Wildman–Crippen LogP) is 5.16. The molecule has 1 heterocycles. The number of ketones is 1. The Labute approximate surface area is 194 Å². The Hall–Kier alpha value is -3.28. The van der Waals surface area contributed by atoms with Gasteiger partial charge >= 0.3 is 0 Å². The van der Waals surface area contributed by atoms with Crippen molar-refractivity contribution in [2.24, 2.45) is 0 Å². The summed E-state index contributed by atoms with van der Waals surface area (Å²) in [6.07, 6.45) is 3.80. The number of nitrogens with zero attached hydrogens (tertiary/aromatic N) is 1. The van der Waals surface area contributed by atoms with Gasteiger partial charge in [0.2, 0.25) is 0 Å². The van der Waals surface area contributed by atoms with E-state index in [1.165, 1.54) is 0 Å². The molecule has 6 nitrogen and oxygen atoms in total. The molecule has 33 heavy (non-hydrogen) atoms. The maximum Gasteiger partial charge on any atom is 0.295 e. The number of hydrogen-bond acceptors (Lipinski definition) is 5. The minimum atomic E-state index is -0.639. The zero-order chi connectivity index (χ0) is 23.7. The third-order valence-corrected chi connectivity index (χ3v) is 6.44. The maximum atomic E-state index is 13.2. The van der Waals surface area contributed by atoms with E-state index < -0.39 is 17.7 Å². The highest BCUT2D eigenvalue weighted by Crippen LogP contribution is 2.44. The fourth-order valence-corrected chi connectivity index (χ4v) is 4.86. The molecule has 2 aromatic rings. The van der Waals surface area contributed by atoms with E-state index in [1.54, 1.807) is 30.2 Å². The number of rotatable bonds is 6. The SMILES string of the molecule is COc1ccc(C2/C(=C(/O)c3ccc(OC(C)C)c(C)c3)C(=O)C(=O)N2C2CCCC2)cc1. The number of carbonyl (C=O) groups excluding carboxylic acids is 2. The van der Waals surface area contributed by atoms with Gasteiger partial charge in [0, 0.05) is 11.6 Å². The second-order valence-corrected chi connectivity index (χ2v) is 9.06. The summed E-state index contributed by atoms with van der Waals surface area (Å²) in [5, 5.41) is 11.3. The van der Waals surface area contributed by atoms with E-state index in [-0.39, 0.29) is 23.5 Å². The lowest BCUT2D eigenvalue weighted by Gasteiger charge is -2.30. The molecule has 0 aromatic heterocycles. The molecule has 1 N–H and O–H groups in total. The number of benzene rings is 2. The molecule has 6 heteroatoms. The largest absolute Gasteiger partial charge is 0.507 e. The van der Waals surface area contributed by atoms with Gasteiger partial charge in [-0.2, -0.15) is 0 Å². The molecule has 2 fully saturated rings. The van der Waals surface area contributed by atoms with Gasteiger partial charge in [0.05, 0.1) is 24.8 Å². The third-order valence-electron chi connectivity index (χ3n) is 6.44. The molecule has 1 unspecified atom stereocenters. The number of aryl methyl sites for hydroxylation is 1. The van der Waals surface area contributed by atoms with Gasteiger partial charge in [-0.05, 0) is 75.1 Å². The first kappa shape index (κ1) is 22.9. The van der Waals surface area contributed by atoms with E-state index in [2.05, 4.69) is 0 Å². The Kier molecular flexibility index (Phi) is 6.45. The molecule has 1 aliphatic heterocycles. The van der Waals surface area contributed by atoms with Gasteiger partial charge in [0.25, 0.3) is 11.7 Å². The number of amides is 1. The Bertz CT molecular complexity index is 1080. The first-order chi connectivity index (χ1) is 15.8. The number of ether oxygens (including phenoxy) is 2. The number of likely N-dealkylation sites (tertiary alicyclic amines) is 1. The molecule has 4 rings (SSSR count). The van der Waals surface area contributed by atoms with Crippen LogP contribution in [0.3, 0.4) is 0 Å². The van der Waals surface area contributed by atoms with Crippen LogP contribution in [0.2, 0.25) is 0 Å². The van der Waals surface area contributed by atoms with Gasteiger partial charge in [-0.1, -0.05) is 25.0 Å². The maximum absolute atomic E-state index is 13.2. The first-order valence-electron chi connectivity index (χ1n) is 11.5. The lowest BCUT2D eigenvalue weighted by molar-refractivity contribution is -0.141. The summed E-state index contributed by atoms with van der Waals surface area (Å²) < 4.78 is 11.1. The predicted molar refractivity (Wildman–Crippen MR) is 126 cm³/mol. The second-order valence-electron chi connectivity index (χ2n) is 9.06.